The highest BCUT2D eigenvalue weighted by Crippen LogP contribution is 2.25. The largest absolute Gasteiger partial charge is 0.381 e. The van der Waals surface area contributed by atoms with E-state index in [2.05, 4.69) is 26.5 Å². The second-order valence-corrected chi connectivity index (χ2v) is 8.58. The van der Waals surface area contributed by atoms with Crippen molar-refractivity contribution in [1.82, 2.24) is 21.5 Å². The number of carbonyl (C=O) groups is 1. The highest BCUT2D eigenvalue weighted by atomic mass is 35.5. The van der Waals surface area contributed by atoms with Gasteiger partial charge in [0.2, 0.25) is 0 Å². The van der Waals surface area contributed by atoms with Crippen LogP contribution in [0.4, 0.5) is 4.39 Å². The van der Waals surface area contributed by atoms with Gasteiger partial charge in [-0.05, 0) is 48.7 Å². The summed E-state index contributed by atoms with van der Waals surface area (Å²) < 4.78 is 19.2. The van der Waals surface area contributed by atoms with Crippen molar-refractivity contribution in [3.8, 4) is 0 Å². The van der Waals surface area contributed by atoms with Gasteiger partial charge in [0.25, 0.3) is 5.91 Å². The van der Waals surface area contributed by atoms with Crippen molar-refractivity contribution in [1.29, 1.82) is 0 Å². The van der Waals surface area contributed by atoms with E-state index in [1.807, 2.05) is 24.3 Å². The van der Waals surface area contributed by atoms with Gasteiger partial charge in [0, 0.05) is 42.3 Å². The number of nitrogens with one attached hydrogen (secondary N) is 4. The molecule has 1 amide bonds. The Bertz CT molecular complexity index is 1000. The lowest BCUT2D eigenvalue weighted by Crippen LogP contribution is -2.48. The van der Waals surface area contributed by atoms with Crippen LogP contribution in [0.25, 0.3) is 0 Å². The highest BCUT2D eigenvalue weighted by Gasteiger charge is 2.26. The van der Waals surface area contributed by atoms with Crippen molar-refractivity contribution in [2.24, 2.45) is 4.99 Å². The Labute approximate surface area is 195 Å². The van der Waals surface area contributed by atoms with E-state index in [1.165, 1.54) is 12.1 Å². The highest BCUT2D eigenvalue weighted by molar-refractivity contribution is 6.31. The minimum absolute atomic E-state index is 0.0212. The molecular weight excluding hydrogens is 456 g/mol. The third-order valence-electron chi connectivity index (χ3n) is 5.39. The Balaban J connectivity index is 1.48. The summed E-state index contributed by atoms with van der Waals surface area (Å²) in [5.41, 5.74) is 7.56. The number of guanidine groups is 1. The van der Waals surface area contributed by atoms with Crippen molar-refractivity contribution < 1.29 is 13.9 Å². The fraction of sp³-hybridized carbons (Fsp3) is 0.364. The number of amides is 1. The van der Waals surface area contributed by atoms with Crippen LogP contribution >= 0.6 is 23.2 Å². The van der Waals surface area contributed by atoms with Crippen LogP contribution in [0.5, 0.6) is 0 Å². The van der Waals surface area contributed by atoms with E-state index in [0.717, 1.165) is 24.5 Å². The molecule has 32 heavy (non-hydrogen) atoms. The number of hydrazine groups is 1. The number of rotatable bonds is 4. The van der Waals surface area contributed by atoms with Gasteiger partial charge in [-0.25, -0.2) is 20.2 Å². The van der Waals surface area contributed by atoms with Crippen molar-refractivity contribution in [2.75, 3.05) is 13.2 Å². The number of hydrogen-bond donors (Lipinski definition) is 4. The maximum absolute atomic E-state index is 13.8. The van der Waals surface area contributed by atoms with Crippen LogP contribution in [0.1, 0.15) is 41.2 Å². The van der Waals surface area contributed by atoms with E-state index in [4.69, 9.17) is 27.9 Å². The summed E-state index contributed by atoms with van der Waals surface area (Å²) in [4.78, 5) is 17.4. The maximum atomic E-state index is 13.8. The normalized spacial score (nSPS) is 22.0. The zero-order valence-electron chi connectivity index (χ0n) is 17.2. The summed E-state index contributed by atoms with van der Waals surface area (Å²) in [5, 5.41) is 6.71. The van der Waals surface area contributed by atoms with Crippen molar-refractivity contribution in [3.05, 3.63) is 69.5 Å². The first-order valence-electron chi connectivity index (χ1n) is 10.4. The van der Waals surface area contributed by atoms with Crippen molar-refractivity contribution in [3.63, 3.8) is 0 Å². The fourth-order valence-electron chi connectivity index (χ4n) is 3.68. The first-order valence-corrected chi connectivity index (χ1v) is 11.2. The van der Waals surface area contributed by atoms with E-state index < -0.39 is 11.7 Å². The molecule has 7 nitrogen and oxygen atoms in total. The zero-order valence-corrected chi connectivity index (χ0v) is 18.7. The molecule has 0 saturated carbocycles. The third-order valence-corrected chi connectivity index (χ3v) is 5.94. The van der Waals surface area contributed by atoms with Crippen LogP contribution in [-0.2, 0) is 4.74 Å². The van der Waals surface area contributed by atoms with Crippen LogP contribution in [0, 0.1) is 5.82 Å². The molecule has 4 N–H and O–H groups in total. The number of aliphatic imine (C=N–C) groups is 1. The lowest BCUT2D eigenvalue weighted by Gasteiger charge is -2.25. The minimum atomic E-state index is -0.652. The van der Waals surface area contributed by atoms with Crippen LogP contribution < -0.4 is 21.5 Å². The van der Waals surface area contributed by atoms with Crippen LogP contribution in [0.3, 0.4) is 0 Å². The second-order valence-electron chi connectivity index (χ2n) is 7.74. The predicted molar refractivity (Wildman–Crippen MR) is 122 cm³/mol. The van der Waals surface area contributed by atoms with Gasteiger partial charge in [0.05, 0.1) is 5.02 Å². The molecule has 2 atom stereocenters. The number of halogens is 3. The molecule has 2 aliphatic heterocycles. The van der Waals surface area contributed by atoms with Gasteiger partial charge in [-0.2, -0.15) is 0 Å². The van der Waals surface area contributed by atoms with E-state index in [-0.39, 0.29) is 28.8 Å². The molecule has 2 saturated heterocycles. The SMILES string of the molecule is O=C(NC(=NC1CC(c2cccc(Cl)c2)NN1)NC1CCOCC1)c1ccc(Cl)c(F)c1. The molecule has 2 fully saturated rings. The maximum Gasteiger partial charge on any atom is 0.258 e. The third kappa shape index (κ3) is 5.96. The standard InChI is InChI=1S/C22H24Cl2FN5O2/c23-15-3-1-2-13(10-15)19-12-20(30-29-19)27-22(26-16-6-8-32-9-7-16)28-21(31)14-4-5-17(24)18(25)11-14/h1-5,10-11,16,19-20,29-30H,6-9,12H2,(H2,26,27,28,31). The van der Waals surface area contributed by atoms with Crippen molar-refractivity contribution >= 4 is 35.1 Å². The number of hydrogen-bond acceptors (Lipinski definition) is 5. The van der Waals surface area contributed by atoms with Crippen LogP contribution in [0.15, 0.2) is 47.5 Å². The monoisotopic (exact) mass is 479 g/mol. The molecule has 2 aromatic rings. The summed E-state index contributed by atoms with van der Waals surface area (Å²) in [6.07, 6.45) is 1.96. The van der Waals surface area contributed by atoms with Gasteiger partial charge in [-0.15, -0.1) is 0 Å². The molecule has 2 unspecified atom stereocenters. The first-order chi connectivity index (χ1) is 15.5. The van der Waals surface area contributed by atoms with Crippen molar-refractivity contribution in [2.45, 2.75) is 37.5 Å². The lowest BCUT2D eigenvalue weighted by molar-refractivity contribution is 0.0820. The molecule has 0 bridgehead atoms. The number of nitrogens with zero attached hydrogens (tertiary/aromatic N) is 1. The summed E-state index contributed by atoms with van der Waals surface area (Å²) >= 11 is 11.8. The zero-order chi connectivity index (χ0) is 22.5. The molecule has 0 spiro atoms. The summed E-state index contributed by atoms with van der Waals surface area (Å²) in [5.74, 6) is -0.805. The quantitative estimate of drug-likeness (QED) is 0.397. The van der Waals surface area contributed by atoms with E-state index in [1.54, 1.807) is 0 Å². The number of carbonyl (C=O) groups excluding carboxylic acids is 1. The first kappa shape index (κ1) is 22.9. The Morgan fingerprint density at radius 2 is 1.94 bits per heavy atom. The van der Waals surface area contributed by atoms with Gasteiger partial charge in [0.1, 0.15) is 12.0 Å². The Morgan fingerprint density at radius 3 is 2.69 bits per heavy atom. The minimum Gasteiger partial charge on any atom is -0.381 e. The molecule has 4 rings (SSSR count). The molecule has 0 aromatic heterocycles. The number of ether oxygens (including phenoxy) is 1. The van der Waals surface area contributed by atoms with Gasteiger partial charge in [0.15, 0.2) is 5.96 Å². The Kier molecular flexibility index (Phi) is 7.59. The molecule has 2 heterocycles. The van der Waals surface area contributed by atoms with E-state index >= 15 is 0 Å². The second kappa shape index (κ2) is 10.6. The Morgan fingerprint density at radius 1 is 1.12 bits per heavy atom. The average molecular weight is 480 g/mol. The molecule has 170 valence electrons. The van der Waals surface area contributed by atoms with Gasteiger partial charge >= 0.3 is 0 Å². The fourth-order valence-corrected chi connectivity index (χ4v) is 4.00. The van der Waals surface area contributed by atoms with Crippen LogP contribution in [0.2, 0.25) is 10.0 Å². The lowest BCUT2D eigenvalue weighted by atomic mass is 10.0. The topological polar surface area (TPSA) is 86.8 Å². The van der Waals surface area contributed by atoms with Crippen LogP contribution in [-0.4, -0.2) is 37.3 Å². The summed E-state index contributed by atoms with van der Waals surface area (Å²) in [6.45, 7) is 1.28. The predicted octanol–water partition coefficient (Wildman–Crippen LogP) is 3.55. The molecule has 10 heteroatoms. The van der Waals surface area contributed by atoms with E-state index in [0.29, 0.717) is 30.6 Å². The molecule has 0 radical (unpaired) electrons. The average Bonchev–Trinajstić information content (AvgIpc) is 3.25. The molecular formula is C22H24Cl2FN5O2. The Hall–Kier alpha value is -2.23. The van der Waals surface area contributed by atoms with Gasteiger partial charge in [-0.3, -0.25) is 10.1 Å². The molecule has 0 aliphatic carbocycles. The molecule has 2 aromatic carbocycles. The van der Waals surface area contributed by atoms with E-state index in [9.17, 15) is 9.18 Å². The van der Waals surface area contributed by atoms with Gasteiger partial charge in [-0.1, -0.05) is 35.3 Å². The number of benzene rings is 2. The molecule has 2 aliphatic rings. The summed E-state index contributed by atoms with van der Waals surface area (Å²) in [7, 11) is 0. The summed E-state index contributed by atoms with van der Waals surface area (Å²) in [6, 6.07) is 11.7. The van der Waals surface area contributed by atoms with Gasteiger partial charge < -0.3 is 10.1 Å². The smallest absolute Gasteiger partial charge is 0.258 e.